The highest BCUT2D eigenvalue weighted by Gasteiger charge is 1.97. The molecule has 2 aromatic rings. The summed E-state index contributed by atoms with van der Waals surface area (Å²) in [6.07, 6.45) is 0. The normalized spacial score (nSPS) is 10.6. The maximum atomic E-state index is 11.1. The molecule has 0 atom stereocenters. The number of nitrogens with zero attached hydrogens (tertiary/aromatic N) is 2. The van der Waals surface area contributed by atoms with Crippen LogP contribution in [0.1, 0.15) is 17.3 Å². The van der Waals surface area contributed by atoms with E-state index in [9.17, 15) is 4.79 Å². The molecule has 0 fully saturated rings. The lowest BCUT2D eigenvalue weighted by Gasteiger charge is -1.95. The van der Waals surface area contributed by atoms with E-state index in [1.807, 2.05) is 30.3 Å². The van der Waals surface area contributed by atoms with Gasteiger partial charge in [0, 0.05) is 5.56 Å². The minimum absolute atomic E-state index is 0.0524. The summed E-state index contributed by atoms with van der Waals surface area (Å²) in [5.74, 6) is 0.0524. The van der Waals surface area contributed by atoms with Crippen molar-refractivity contribution in [1.29, 1.82) is 0 Å². The Morgan fingerprint density at radius 3 is 1.88 bits per heavy atom. The largest absolute Gasteiger partial charge is 0.295 e. The van der Waals surface area contributed by atoms with E-state index < -0.39 is 0 Å². The SMILES string of the molecule is CC(=O)c1ccc(/N=N/c2ccccc2)cc1. The summed E-state index contributed by atoms with van der Waals surface area (Å²) in [7, 11) is 0. The van der Waals surface area contributed by atoms with Crippen molar-refractivity contribution >= 4 is 17.2 Å². The standard InChI is InChI=1S/C14H12N2O/c1-11(17)12-7-9-14(10-8-12)16-15-13-5-3-2-4-6-13/h2-10H,1H3/b16-15+. The zero-order chi connectivity index (χ0) is 12.1. The number of azo groups is 1. The summed E-state index contributed by atoms with van der Waals surface area (Å²) >= 11 is 0. The average molecular weight is 224 g/mol. The summed E-state index contributed by atoms with van der Waals surface area (Å²) < 4.78 is 0. The van der Waals surface area contributed by atoms with Gasteiger partial charge in [-0.2, -0.15) is 10.2 Å². The van der Waals surface area contributed by atoms with Crippen LogP contribution in [0.15, 0.2) is 64.8 Å². The van der Waals surface area contributed by atoms with Crippen molar-refractivity contribution in [3.8, 4) is 0 Å². The van der Waals surface area contributed by atoms with Gasteiger partial charge in [-0.1, -0.05) is 18.2 Å². The third-order valence-corrected chi connectivity index (χ3v) is 2.31. The van der Waals surface area contributed by atoms with Crippen LogP contribution in [0.2, 0.25) is 0 Å². The molecule has 0 radical (unpaired) electrons. The molecular formula is C14H12N2O. The molecule has 17 heavy (non-hydrogen) atoms. The first-order chi connectivity index (χ1) is 8.25. The summed E-state index contributed by atoms with van der Waals surface area (Å²) in [6, 6.07) is 16.6. The van der Waals surface area contributed by atoms with Gasteiger partial charge in [0.2, 0.25) is 0 Å². The van der Waals surface area contributed by atoms with Crippen molar-refractivity contribution < 1.29 is 4.79 Å². The van der Waals surface area contributed by atoms with E-state index in [0.717, 1.165) is 11.4 Å². The maximum Gasteiger partial charge on any atom is 0.159 e. The van der Waals surface area contributed by atoms with Gasteiger partial charge in [-0.25, -0.2) is 0 Å². The van der Waals surface area contributed by atoms with Gasteiger partial charge >= 0.3 is 0 Å². The van der Waals surface area contributed by atoms with Crippen LogP contribution < -0.4 is 0 Å². The third-order valence-electron chi connectivity index (χ3n) is 2.31. The first-order valence-corrected chi connectivity index (χ1v) is 5.33. The van der Waals surface area contributed by atoms with Crippen LogP contribution in [0.5, 0.6) is 0 Å². The van der Waals surface area contributed by atoms with Crippen molar-refractivity contribution in [3.05, 3.63) is 60.2 Å². The molecule has 2 rings (SSSR count). The number of hydrogen-bond acceptors (Lipinski definition) is 3. The van der Waals surface area contributed by atoms with Gasteiger partial charge in [0.05, 0.1) is 11.4 Å². The second-order valence-electron chi connectivity index (χ2n) is 3.64. The molecule has 0 saturated carbocycles. The lowest BCUT2D eigenvalue weighted by atomic mass is 10.1. The number of rotatable bonds is 3. The van der Waals surface area contributed by atoms with Gasteiger partial charge in [0.1, 0.15) is 0 Å². The highest BCUT2D eigenvalue weighted by atomic mass is 16.1. The van der Waals surface area contributed by atoms with Crippen LogP contribution in [0.4, 0.5) is 11.4 Å². The average Bonchev–Trinajstić information content (AvgIpc) is 2.38. The molecule has 0 amide bonds. The highest BCUT2D eigenvalue weighted by molar-refractivity contribution is 5.94. The number of benzene rings is 2. The minimum Gasteiger partial charge on any atom is -0.295 e. The van der Waals surface area contributed by atoms with E-state index in [-0.39, 0.29) is 5.78 Å². The van der Waals surface area contributed by atoms with Gasteiger partial charge in [0.25, 0.3) is 0 Å². The predicted molar refractivity (Wildman–Crippen MR) is 67.1 cm³/mol. The molecular weight excluding hydrogens is 212 g/mol. The topological polar surface area (TPSA) is 41.8 Å². The van der Waals surface area contributed by atoms with Crippen molar-refractivity contribution in [1.82, 2.24) is 0 Å². The zero-order valence-electron chi connectivity index (χ0n) is 9.50. The summed E-state index contributed by atoms with van der Waals surface area (Å²) in [4.78, 5) is 11.1. The number of hydrogen-bond donors (Lipinski definition) is 0. The molecule has 0 aliphatic heterocycles. The van der Waals surface area contributed by atoms with Crippen LogP contribution in [-0.4, -0.2) is 5.78 Å². The third kappa shape index (κ3) is 3.08. The molecule has 0 aromatic heterocycles. The van der Waals surface area contributed by atoms with Crippen LogP contribution in [0.3, 0.4) is 0 Å². The monoisotopic (exact) mass is 224 g/mol. The molecule has 0 N–H and O–H groups in total. The fourth-order valence-corrected chi connectivity index (χ4v) is 1.37. The molecule has 3 heteroatoms. The van der Waals surface area contributed by atoms with E-state index in [4.69, 9.17) is 0 Å². The van der Waals surface area contributed by atoms with E-state index in [2.05, 4.69) is 10.2 Å². The van der Waals surface area contributed by atoms with E-state index >= 15 is 0 Å². The minimum atomic E-state index is 0.0524. The van der Waals surface area contributed by atoms with E-state index in [0.29, 0.717) is 5.56 Å². The molecule has 0 spiro atoms. The van der Waals surface area contributed by atoms with Crippen molar-refractivity contribution in [2.75, 3.05) is 0 Å². The molecule has 84 valence electrons. The second-order valence-corrected chi connectivity index (χ2v) is 3.64. The van der Waals surface area contributed by atoms with Crippen molar-refractivity contribution in [3.63, 3.8) is 0 Å². The summed E-state index contributed by atoms with van der Waals surface area (Å²) in [5, 5.41) is 8.18. The molecule has 2 aromatic carbocycles. The van der Waals surface area contributed by atoms with Gasteiger partial charge in [-0.15, -0.1) is 0 Å². The summed E-state index contributed by atoms with van der Waals surface area (Å²) in [5.41, 5.74) is 2.23. The quantitative estimate of drug-likeness (QED) is 0.566. The van der Waals surface area contributed by atoms with Gasteiger partial charge in [0.15, 0.2) is 5.78 Å². The predicted octanol–water partition coefficient (Wildman–Crippen LogP) is 4.30. The Bertz CT molecular complexity index is 530. The molecule has 0 bridgehead atoms. The Morgan fingerprint density at radius 1 is 0.824 bits per heavy atom. The first-order valence-electron chi connectivity index (χ1n) is 5.33. The Morgan fingerprint density at radius 2 is 1.35 bits per heavy atom. The molecule has 0 saturated heterocycles. The first kappa shape index (κ1) is 11.2. The molecule has 0 unspecified atom stereocenters. The molecule has 3 nitrogen and oxygen atoms in total. The highest BCUT2D eigenvalue weighted by Crippen LogP contribution is 2.18. The Kier molecular flexibility index (Phi) is 3.40. The smallest absolute Gasteiger partial charge is 0.159 e. The van der Waals surface area contributed by atoms with Crippen molar-refractivity contribution in [2.24, 2.45) is 10.2 Å². The number of carbonyl (C=O) groups is 1. The second kappa shape index (κ2) is 5.16. The number of ketones is 1. The van der Waals surface area contributed by atoms with E-state index in [1.54, 1.807) is 31.2 Å². The van der Waals surface area contributed by atoms with Gasteiger partial charge < -0.3 is 0 Å². The lowest BCUT2D eigenvalue weighted by Crippen LogP contribution is -1.89. The molecule has 0 heterocycles. The number of Topliss-reactive ketones (excluding diaryl/α,β-unsaturated/α-hetero) is 1. The van der Waals surface area contributed by atoms with Crippen LogP contribution in [0, 0.1) is 0 Å². The Balaban J connectivity index is 2.14. The van der Waals surface area contributed by atoms with Gasteiger partial charge in [-0.05, 0) is 43.3 Å². The van der Waals surface area contributed by atoms with Crippen molar-refractivity contribution in [2.45, 2.75) is 6.92 Å². The fourth-order valence-electron chi connectivity index (χ4n) is 1.37. The fraction of sp³-hybridized carbons (Fsp3) is 0.0714. The molecule has 0 aliphatic rings. The Labute approximate surface area is 99.8 Å². The van der Waals surface area contributed by atoms with Gasteiger partial charge in [-0.3, -0.25) is 4.79 Å². The summed E-state index contributed by atoms with van der Waals surface area (Å²) in [6.45, 7) is 1.54. The van der Waals surface area contributed by atoms with E-state index in [1.165, 1.54) is 0 Å². The lowest BCUT2D eigenvalue weighted by molar-refractivity contribution is 0.101. The van der Waals surface area contributed by atoms with Crippen LogP contribution in [-0.2, 0) is 0 Å². The maximum absolute atomic E-state index is 11.1. The van der Waals surface area contributed by atoms with Crippen LogP contribution >= 0.6 is 0 Å². The Hall–Kier alpha value is -2.29. The van der Waals surface area contributed by atoms with Crippen LogP contribution in [0.25, 0.3) is 0 Å². The molecule has 0 aliphatic carbocycles. The zero-order valence-corrected chi connectivity index (χ0v) is 9.50. The number of carbonyl (C=O) groups excluding carboxylic acids is 1.